The Bertz CT molecular complexity index is 963. The third-order valence-corrected chi connectivity index (χ3v) is 4.90. The summed E-state index contributed by atoms with van der Waals surface area (Å²) in [4.78, 5) is 17.2. The van der Waals surface area contributed by atoms with Crippen molar-refractivity contribution < 1.29 is 9.21 Å². The van der Waals surface area contributed by atoms with Gasteiger partial charge >= 0.3 is 0 Å². The second-order valence-electron chi connectivity index (χ2n) is 7.07. The number of allylic oxidation sites excluding steroid dienone is 4. The zero-order valence-corrected chi connectivity index (χ0v) is 15.7. The molecule has 1 aliphatic carbocycles. The van der Waals surface area contributed by atoms with Gasteiger partial charge in [0.2, 0.25) is 0 Å². The molecule has 5 heteroatoms. The highest BCUT2D eigenvalue weighted by molar-refractivity contribution is 6.15. The Morgan fingerprint density at radius 3 is 2.93 bits per heavy atom. The summed E-state index contributed by atoms with van der Waals surface area (Å²) >= 11 is 0. The van der Waals surface area contributed by atoms with Gasteiger partial charge in [-0.1, -0.05) is 24.8 Å². The lowest BCUT2D eigenvalue weighted by molar-refractivity contribution is 0.0951. The Kier molecular flexibility index (Phi) is 5.24. The van der Waals surface area contributed by atoms with E-state index >= 15 is 0 Å². The summed E-state index contributed by atoms with van der Waals surface area (Å²) in [5.41, 5.74) is 5.01. The van der Waals surface area contributed by atoms with Crippen LogP contribution in [0.25, 0.3) is 11.1 Å². The number of rotatable bonds is 5. The molecule has 2 aromatic rings. The Hall–Kier alpha value is -3.34. The SMILES string of the molecule is C=C1/C=C(c2ccccc2C(=O)NCC2CC2)\C=N/CN/C=C\1c1ccoc1. The van der Waals surface area contributed by atoms with Crippen LogP contribution in [0, 0.1) is 5.92 Å². The molecule has 142 valence electrons. The topological polar surface area (TPSA) is 66.6 Å². The van der Waals surface area contributed by atoms with Gasteiger partial charge in [0.05, 0.1) is 12.5 Å². The number of carbonyl (C=O) groups excluding carboxylic acids is 1. The maximum absolute atomic E-state index is 12.8. The van der Waals surface area contributed by atoms with Gasteiger partial charge in [0.15, 0.2) is 0 Å². The minimum absolute atomic E-state index is 0.0500. The highest BCUT2D eigenvalue weighted by Gasteiger charge is 2.23. The van der Waals surface area contributed by atoms with Crippen LogP contribution < -0.4 is 10.6 Å². The second kappa shape index (κ2) is 8.13. The van der Waals surface area contributed by atoms with E-state index in [1.54, 1.807) is 18.7 Å². The lowest BCUT2D eigenvalue weighted by Crippen LogP contribution is -2.26. The van der Waals surface area contributed by atoms with Gasteiger partial charge in [-0.3, -0.25) is 9.79 Å². The molecular weight excluding hydrogens is 350 g/mol. The van der Waals surface area contributed by atoms with E-state index in [1.807, 2.05) is 42.6 Å². The van der Waals surface area contributed by atoms with Gasteiger partial charge in [-0.25, -0.2) is 0 Å². The van der Waals surface area contributed by atoms with Gasteiger partial charge in [0.1, 0.15) is 6.67 Å². The molecule has 1 aliphatic heterocycles. The standard InChI is InChI=1S/C23H23N3O2/c1-16-10-19(12-24-15-25-13-22(16)18-8-9-28-14-18)20-4-2-3-5-21(20)23(27)26-11-17-6-7-17/h2-5,8-10,12-14,17,25H,1,6-7,11,15H2,(H,26,27)/b19-10+,22-13+,24-12-. The first-order chi connectivity index (χ1) is 13.7. The van der Waals surface area contributed by atoms with Crippen LogP contribution in [-0.2, 0) is 0 Å². The first kappa shape index (κ1) is 18.0. The van der Waals surface area contributed by atoms with E-state index in [4.69, 9.17) is 4.42 Å². The van der Waals surface area contributed by atoms with Gasteiger partial charge in [-0.2, -0.15) is 0 Å². The number of amides is 1. The molecule has 0 radical (unpaired) electrons. The molecule has 28 heavy (non-hydrogen) atoms. The minimum atomic E-state index is -0.0500. The van der Waals surface area contributed by atoms with Crippen molar-refractivity contribution in [3.8, 4) is 0 Å². The molecule has 1 saturated carbocycles. The largest absolute Gasteiger partial charge is 0.472 e. The Labute approximate surface area is 164 Å². The fourth-order valence-corrected chi connectivity index (χ4v) is 3.16. The van der Waals surface area contributed by atoms with Gasteiger partial charge in [-0.05, 0) is 48.1 Å². The molecule has 2 N–H and O–H groups in total. The quantitative estimate of drug-likeness (QED) is 0.831. The number of benzene rings is 1. The molecule has 1 fully saturated rings. The zero-order valence-electron chi connectivity index (χ0n) is 15.7. The van der Waals surface area contributed by atoms with Crippen LogP contribution in [0.4, 0.5) is 0 Å². The number of hydrogen-bond acceptors (Lipinski definition) is 4. The van der Waals surface area contributed by atoms with Crippen molar-refractivity contribution in [2.75, 3.05) is 13.2 Å². The molecule has 0 spiro atoms. The first-order valence-corrected chi connectivity index (χ1v) is 9.47. The third kappa shape index (κ3) is 4.14. The number of nitrogens with zero attached hydrogens (tertiary/aromatic N) is 1. The van der Waals surface area contributed by atoms with Crippen molar-refractivity contribution in [1.29, 1.82) is 0 Å². The van der Waals surface area contributed by atoms with Gasteiger partial charge in [-0.15, -0.1) is 0 Å². The predicted octanol–water partition coefficient (Wildman–Crippen LogP) is 4.03. The zero-order chi connectivity index (χ0) is 19.3. The highest BCUT2D eigenvalue weighted by Crippen LogP contribution is 2.29. The number of nitrogens with one attached hydrogen (secondary N) is 2. The summed E-state index contributed by atoms with van der Waals surface area (Å²) in [5, 5.41) is 6.22. The van der Waals surface area contributed by atoms with Crippen LogP contribution in [-0.4, -0.2) is 25.3 Å². The lowest BCUT2D eigenvalue weighted by atomic mass is 9.95. The Balaban J connectivity index is 1.67. The third-order valence-electron chi connectivity index (χ3n) is 4.90. The van der Waals surface area contributed by atoms with Crippen molar-refractivity contribution in [3.63, 3.8) is 0 Å². The van der Waals surface area contributed by atoms with E-state index in [1.165, 1.54) is 12.8 Å². The fourth-order valence-electron chi connectivity index (χ4n) is 3.16. The summed E-state index contributed by atoms with van der Waals surface area (Å²) in [7, 11) is 0. The highest BCUT2D eigenvalue weighted by atomic mass is 16.3. The number of furan rings is 1. The summed E-state index contributed by atoms with van der Waals surface area (Å²) in [5.74, 6) is 0.585. The minimum Gasteiger partial charge on any atom is -0.472 e. The second-order valence-corrected chi connectivity index (χ2v) is 7.07. The fraction of sp³-hybridized carbons (Fsp3) is 0.217. The molecule has 4 rings (SSSR count). The molecule has 0 atom stereocenters. The smallest absolute Gasteiger partial charge is 0.251 e. The van der Waals surface area contributed by atoms with Crippen molar-refractivity contribution in [2.24, 2.45) is 10.9 Å². The van der Waals surface area contributed by atoms with E-state index in [9.17, 15) is 4.79 Å². The molecule has 0 saturated heterocycles. The van der Waals surface area contributed by atoms with E-state index in [-0.39, 0.29) is 5.91 Å². The maximum atomic E-state index is 12.8. The summed E-state index contributed by atoms with van der Waals surface area (Å²) in [6.07, 6.45) is 11.4. The Morgan fingerprint density at radius 1 is 1.29 bits per heavy atom. The van der Waals surface area contributed by atoms with Crippen molar-refractivity contribution >= 4 is 23.3 Å². The van der Waals surface area contributed by atoms with Crippen LogP contribution in [0.2, 0.25) is 0 Å². The van der Waals surface area contributed by atoms with Crippen LogP contribution in [0.15, 0.2) is 76.7 Å². The summed E-state index contributed by atoms with van der Waals surface area (Å²) in [6.45, 7) is 5.40. The molecule has 0 bridgehead atoms. The van der Waals surface area contributed by atoms with E-state index < -0.39 is 0 Å². The maximum Gasteiger partial charge on any atom is 0.251 e. The lowest BCUT2D eigenvalue weighted by Gasteiger charge is -2.12. The monoisotopic (exact) mass is 373 g/mol. The summed E-state index contributed by atoms with van der Waals surface area (Å²) < 4.78 is 5.22. The molecule has 2 heterocycles. The van der Waals surface area contributed by atoms with Crippen molar-refractivity contribution in [1.82, 2.24) is 10.6 Å². The van der Waals surface area contributed by atoms with Gasteiger partial charge in [0, 0.05) is 41.2 Å². The molecule has 2 aliphatic rings. The van der Waals surface area contributed by atoms with E-state index in [0.717, 1.165) is 34.4 Å². The molecule has 0 unspecified atom stereocenters. The number of hydrogen-bond donors (Lipinski definition) is 2. The normalized spacial score (nSPS) is 21.8. The molecular formula is C23H23N3O2. The average Bonchev–Trinajstić information content (AvgIpc) is 3.37. The van der Waals surface area contributed by atoms with Crippen LogP contribution in [0.5, 0.6) is 0 Å². The Morgan fingerprint density at radius 2 is 2.14 bits per heavy atom. The van der Waals surface area contributed by atoms with Crippen molar-refractivity contribution in [2.45, 2.75) is 12.8 Å². The van der Waals surface area contributed by atoms with Crippen molar-refractivity contribution in [3.05, 3.63) is 84.0 Å². The average molecular weight is 373 g/mol. The van der Waals surface area contributed by atoms with E-state index in [2.05, 4.69) is 22.2 Å². The van der Waals surface area contributed by atoms with Crippen LogP contribution in [0.3, 0.4) is 0 Å². The van der Waals surface area contributed by atoms with E-state index in [0.29, 0.717) is 18.2 Å². The van der Waals surface area contributed by atoms with Crippen LogP contribution >= 0.6 is 0 Å². The molecule has 5 nitrogen and oxygen atoms in total. The molecule has 1 aromatic heterocycles. The van der Waals surface area contributed by atoms with Crippen LogP contribution in [0.1, 0.15) is 34.3 Å². The first-order valence-electron chi connectivity index (χ1n) is 9.47. The number of aliphatic imine (C=N–C) groups is 1. The molecule has 1 amide bonds. The summed E-state index contributed by atoms with van der Waals surface area (Å²) in [6, 6.07) is 9.51. The van der Waals surface area contributed by atoms with Gasteiger partial charge < -0.3 is 15.1 Å². The van der Waals surface area contributed by atoms with Gasteiger partial charge in [0.25, 0.3) is 5.91 Å². The molecule has 1 aromatic carbocycles. The number of carbonyl (C=O) groups is 1. The predicted molar refractivity (Wildman–Crippen MR) is 112 cm³/mol.